The smallest absolute Gasteiger partial charge is 0.272 e. The monoisotopic (exact) mass is 382 g/mol. The predicted molar refractivity (Wildman–Crippen MR) is 104 cm³/mol. The lowest BCUT2D eigenvalue weighted by atomic mass is 10.2. The molecule has 0 aliphatic carbocycles. The van der Waals surface area contributed by atoms with E-state index in [2.05, 4.69) is 10.4 Å². The Hall–Kier alpha value is -3.12. The molecule has 5 nitrogen and oxygen atoms in total. The number of hydrogen-bond donors (Lipinski definition) is 1. The third kappa shape index (κ3) is 3.44. The Morgan fingerprint density at radius 2 is 2.04 bits per heavy atom. The number of halogens is 2. The number of anilines is 1. The van der Waals surface area contributed by atoms with Gasteiger partial charge in [-0.15, -0.1) is 0 Å². The Morgan fingerprint density at radius 3 is 2.81 bits per heavy atom. The molecule has 0 saturated heterocycles. The number of carbonyl (C=O) groups is 1. The first kappa shape index (κ1) is 17.3. The normalized spacial score (nSPS) is 11.1. The van der Waals surface area contributed by atoms with Crippen LogP contribution in [0.2, 0.25) is 5.02 Å². The van der Waals surface area contributed by atoms with Crippen molar-refractivity contribution in [3.63, 3.8) is 0 Å². The zero-order valence-corrected chi connectivity index (χ0v) is 15.2. The molecule has 1 N–H and O–H groups in total. The van der Waals surface area contributed by atoms with E-state index in [1.165, 1.54) is 12.1 Å². The molecule has 27 heavy (non-hydrogen) atoms. The highest BCUT2D eigenvalue weighted by Gasteiger charge is 2.15. The summed E-state index contributed by atoms with van der Waals surface area (Å²) in [4.78, 5) is 12.7. The minimum atomic E-state index is -0.289. The van der Waals surface area contributed by atoms with E-state index < -0.39 is 0 Å². The Kier molecular flexibility index (Phi) is 4.41. The van der Waals surface area contributed by atoms with Crippen molar-refractivity contribution in [2.45, 2.75) is 6.54 Å². The zero-order valence-electron chi connectivity index (χ0n) is 14.5. The van der Waals surface area contributed by atoms with Crippen LogP contribution < -0.4 is 5.32 Å². The fraction of sp³-hybridized carbons (Fsp3) is 0.100. The lowest BCUT2D eigenvalue weighted by Crippen LogP contribution is -2.15. The van der Waals surface area contributed by atoms with Crippen molar-refractivity contribution in [3.05, 3.63) is 83.0 Å². The fourth-order valence-electron chi connectivity index (χ4n) is 3.07. The molecule has 0 bridgehead atoms. The topological polar surface area (TPSA) is 51.9 Å². The third-order valence-electron chi connectivity index (χ3n) is 4.39. The number of amides is 1. The lowest BCUT2D eigenvalue weighted by Gasteiger charge is -2.05. The number of nitrogens with zero attached hydrogens (tertiary/aromatic N) is 3. The molecule has 0 saturated carbocycles. The van der Waals surface area contributed by atoms with Crippen molar-refractivity contribution in [2.75, 3.05) is 5.32 Å². The van der Waals surface area contributed by atoms with Crippen molar-refractivity contribution in [2.24, 2.45) is 7.05 Å². The summed E-state index contributed by atoms with van der Waals surface area (Å²) in [5.41, 5.74) is 2.73. The van der Waals surface area contributed by atoms with Gasteiger partial charge in [0.2, 0.25) is 0 Å². The number of hydrogen-bond acceptors (Lipinski definition) is 2. The van der Waals surface area contributed by atoms with Gasteiger partial charge in [0.25, 0.3) is 5.91 Å². The summed E-state index contributed by atoms with van der Waals surface area (Å²) < 4.78 is 16.7. The van der Waals surface area contributed by atoms with E-state index in [0.29, 0.717) is 22.9 Å². The molecule has 2 aromatic carbocycles. The molecular weight excluding hydrogens is 367 g/mol. The first-order valence-corrected chi connectivity index (χ1v) is 8.71. The minimum Gasteiger partial charge on any atom is -0.340 e. The largest absolute Gasteiger partial charge is 0.340 e. The molecule has 7 heteroatoms. The second-order valence-corrected chi connectivity index (χ2v) is 6.68. The van der Waals surface area contributed by atoms with E-state index in [0.717, 1.165) is 16.5 Å². The van der Waals surface area contributed by atoms with E-state index in [9.17, 15) is 9.18 Å². The van der Waals surface area contributed by atoms with Crippen LogP contribution >= 0.6 is 11.6 Å². The Balaban J connectivity index is 1.53. The van der Waals surface area contributed by atoms with Gasteiger partial charge in [-0.05, 0) is 35.9 Å². The molecule has 2 aromatic heterocycles. The maximum atomic E-state index is 13.3. The standard InChI is InChI=1S/C20H16ClFN4O/c1-25-18-7-3-6-17(21)16(18)9-19(25)20(27)24-15-10-23-26(12-15)11-13-4-2-5-14(22)8-13/h2-10,12H,11H2,1H3,(H,24,27). The molecule has 0 unspecified atom stereocenters. The number of fused-ring (bicyclic) bond motifs is 1. The fourth-order valence-corrected chi connectivity index (χ4v) is 3.30. The summed E-state index contributed by atoms with van der Waals surface area (Å²) in [6.45, 7) is 0.414. The maximum Gasteiger partial charge on any atom is 0.272 e. The van der Waals surface area contributed by atoms with Gasteiger partial charge in [0.05, 0.1) is 18.4 Å². The number of aryl methyl sites for hydroxylation is 1. The van der Waals surface area contributed by atoms with Gasteiger partial charge >= 0.3 is 0 Å². The molecule has 136 valence electrons. The van der Waals surface area contributed by atoms with Gasteiger partial charge in [-0.1, -0.05) is 29.8 Å². The van der Waals surface area contributed by atoms with Crippen molar-refractivity contribution in [1.29, 1.82) is 0 Å². The average Bonchev–Trinajstić information content (AvgIpc) is 3.20. The first-order valence-electron chi connectivity index (χ1n) is 8.33. The summed E-state index contributed by atoms with van der Waals surface area (Å²) in [6.07, 6.45) is 3.27. The molecule has 2 heterocycles. The molecule has 0 spiro atoms. The number of carbonyl (C=O) groups excluding carboxylic acids is 1. The van der Waals surface area contributed by atoms with Crippen LogP contribution in [0.4, 0.5) is 10.1 Å². The third-order valence-corrected chi connectivity index (χ3v) is 4.72. The molecule has 0 atom stereocenters. The van der Waals surface area contributed by atoms with E-state index in [4.69, 9.17) is 11.6 Å². The quantitative estimate of drug-likeness (QED) is 0.566. The number of nitrogens with one attached hydrogen (secondary N) is 1. The van der Waals surface area contributed by atoms with Crippen LogP contribution in [0.25, 0.3) is 10.9 Å². The van der Waals surface area contributed by atoms with E-state index in [1.54, 1.807) is 39.8 Å². The van der Waals surface area contributed by atoms with Crippen LogP contribution in [0.1, 0.15) is 16.1 Å². The van der Waals surface area contributed by atoms with Crippen molar-refractivity contribution in [3.8, 4) is 0 Å². The maximum absolute atomic E-state index is 13.3. The molecule has 4 rings (SSSR count). The highest BCUT2D eigenvalue weighted by atomic mass is 35.5. The Bertz CT molecular complexity index is 1150. The van der Waals surface area contributed by atoms with Crippen LogP contribution in [-0.4, -0.2) is 20.3 Å². The Morgan fingerprint density at radius 1 is 1.22 bits per heavy atom. The summed E-state index contributed by atoms with van der Waals surface area (Å²) >= 11 is 6.21. The zero-order chi connectivity index (χ0) is 19.0. The van der Waals surface area contributed by atoms with Gasteiger partial charge in [-0.3, -0.25) is 9.48 Å². The van der Waals surface area contributed by atoms with E-state index in [1.807, 2.05) is 25.2 Å². The van der Waals surface area contributed by atoms with Gasteiger partial charge in [0.1, 0.15) is 11.5 Å². The minimum absolute atomic E-state index is 0.255. The second kappa shape index (κ2) is 6.89. The van der Waals surface area contributed by atoms with E-state index in [-0.39, 0.29) is 11.7 Å². The van der Waals surface area contributed by atoms with Gasteiger partial charge in [0, 0.05) is 29.2 Å². The van der Waals surface area contributed by atoms with Gasteiger partial charge in [0.15, 0.2) is 0 Å². The number of aromatic nitrogens is 3. The van der Waals surface area contributed by atoms with Crippen molar-refractivity contribution >= 4 is 34.1 Å². The molecule has 0 aliphatic heterocycles. The van der Waals surface area contributed by atoms with Crippen LogP contribution in [0.15, 0.2) is 60.9 Å². The van der Waals surface area contributed by atoms with Crippen LogP contribution in [-0.2, 0) is 13.6 Å². The lowest BCUT2D eigenvalue weighted by molar-refractivity contribution is 0.101. The molecular formula is C20H16ClFN4O. The number of rotatable bonds is 4. The molecule has 1 amide bonds. The van der Waals surface area contributed by atoms with Gasteiger partial charge in [-0.2, -0.15) is 5.10 Å². The van der Waals surface area contributed by atoms with Gasteiger partial charge in [-0.25, -0.2) is 4.39 Å². The van der Waals surface area contributed by atoms with Crippen LogP contribution in [0.5, 0.6) is 0 Å². The highest BCUT2D eigenvalue weighted by molar-refractivity contribution is 6.35. The molecule has 0 aliphatic rings. The summed E-state index contributed by atoms with van der Waals surface area (Å²) in [7, 11) is 1.82. The highest BCUT2D eigenvalue weighted by Crippen LogP contribution is 2.26. The molecule has 0 radical (unpaired) electrons. The molecule has 0 fully saturated rings. The summed E-state index contributed by atoms with van der Waals surface area (Å²) in [5.74, 6) is -0.544. The number of benzene rings is 2. The van der Waals surface area contributed by atoms with E-state index >= 15 is 0 Å². The van der Waals surface area contributed by atoms with Crippen LogP contribution in [0.3, 0.4) is 0 Å². The summed E-state index contributed by atoms with van der Waals surface area (Å²) in [5, 5.41) is 8.48. The SMILES string of the molecule is Cn1c(C(=O)Nc2cnn(Cc3cccc(F)c3)c2)cc2c(Cl)cccc21. The Labute approximate surface area is 160 Å². The predicted octanol–water partition coefficient (Wildman–Crippen LogP) is 4.47. The van der Waals surface area contributed by atoms with Gasteiger partial charge < -0.3 is 9.88 Å². The average molecular weight is 383 g/mol. The van der Waals surface area contributed by atoms with Crippen LogP contribution in [0, 0.1) is 5.82 Å². The second-order valence-electron chi connectivity index (χ2n) is 6.27. The summed E-state index contributed by atoms with van der Waals surface area (Å²) in [6, 6.07) is 13.7. The van der Waals surface area contributed by atoms with Crippen molar-refractivity contribution < 1.29 is 9.18 Å². The van der Waals surface area contributed by atoms with Crippen molar-refractivity contribution in [1.82, 2.24) is 14.3 Å². The first-order chi connectivity index (χ1) is 13.0. The molecule has 4 aromatic rings.